The third kappa shape index (κ3) is 3.21. The molecule has 0 heterocycles. The zero-order valence-corrected chi connectivity index (χ0v) is 12.9. The van der Waals surface area contributed by atoms with Gasteiger partial charge < -0.3 is 0 Å². The van der Waals surface area contributed by atoms with E-state index < -0.39 is 0 Å². The molecule has 2 aromatic carbocycles. The average molecular weight is 336 g/mol. The Bertz CT molecular complexity index is 552. The summed E-state index contributed by atoms with van der Waals surface area (Å²) in [6.07, 6.45) is 2.34. The second-order valence-corrected chi connectivity index (χ2v) is 6.88. The molecule has 0 spiro atoms. The molecule has 3 unspecified atom stereocenters. The lowest BCUT2D eigenvalue weighted by molar-refractivity contribution is 0.735. The van der Waals surface area contributed by atoms with E-state index >= 15 is 0 Å². The summed E-state index contributed by atoms with van der Waals surface area (Å²) in [4.78, 5) is 0.538. The fourth-order valence-electron chi connectivity index (χ4n) is 2.74. The van der Waals surface area contributed by atoms with Crippen molar-refractivity contribution in [2.45, 2.75) is 23.6 Å². The van der Waals surface area contributed by atoms with Crippen molar-refractivity contribution in [2.75, 3.05) is 0 Å². The van der Waals surface area contributed by atoms with Crippen LogP contribution in [0.4, 0.5) is 0 Å². The van der Waals surface area contributed by atoms with Crippen molar-refractivity contribution < 1.29 is 0 Å². The minimum absolute atomic E-state index is 0.538. The van der Waals surface area contributed by atoms with E-state index in [0.29, 0.717) is 4.83 Å². The van der Waals surface area contributed by atoms with Crippen molar-refractivity contribution >= 4 is 27.5 Å². The Labute approximate surface area is 127 Å². The minimum Gasteiger partial charge on any atom is -0.0884 e. The molecule has 1 aliphatic rings. The van der Waals surface area contributed by atoms with Gasteiger partial charge in [0.2, 0.25) is 0 Å². The molecule has 0 aliphatic heterocycles. The Balaban J connectivity index is 1.63. The first-order valence-corrected chi connectivity index (χ1v) is 7.97. The summed E-state index contributed by atoms with van der Waals surface area (Å²) in [5.41, 5.74) is 2.79. The smallest absolute Gasteiger partial charge is 0.0408 e. The fraction of sp³-hybridized carbons (Fsp3) is 0.294. The Morgan fingerprint density at radius 2 is 1.89 bits per heavy atom. The predicted molar refractivity (Wildman–Crippen MR) is 85.2 cm³/mol. The summed E-state index contributed by atoms with van der Waals surface area (Å²) < 4.78 is 0. The van der Waals surface area contributed by atoms with Crippen LogP contribution in [0.3, 0.4) is 0 Å². The molecule has 0 aromatic heterocycles. The molecule has 0 bridgehead atoms. The quantitative estimate of drug-likeness (QED) is 0.652. The molecule has 0 nitrogen and oxygen atoms in total. The molecule has 98 valence electrons. The number of hydrogen-bond acceptors (Lipinski definition) is 0. The lowest BCUT2D eigenvalue weighted by atomic mass is 10.0. The maximum Gasteiger partial charge on any atom is 0.0408 e. The Hall–Kier alpha value is -0.790. The average Bonchev–Trinajstić information content (AvgIpc) is 3.20. The van der Waals surface area contributed by atoms with Gasteiger partial charge in [-0.1, -0.05) is 70.0 Å². The van der Waals surface area contributed by atoms with Crippen LogP contribution in [0.15, 0.2) is 54.6 Å². The number of rotatable bonds is 4. The normalized spacial score (nSPS) is 23.1. The predicted octanol–water partition coefficient (Wildman–Crippen LogP) is 5.45. The van der Waals surface area contributed by atoms with Crippen molar-refractivity contribution in [2.24, 2.45) is 5.92 Å². The molecule has 19 heavy (non-hydrogen) atoms. The number of halogens is 2. The van der Waals surface area contributed by atoms with Crippen LogP contribution >= 0.6 is 27.5 Å². The fourth-order valence-corrected chi connectivity index (χ4v) is 3.91. The van der Waals surface area contributed by atoms with E-state index in [1.54, 1.807) is 0 Å². The van der Waals surface area contributed by atoms with Crippen LogP contribution in [-0.4, -0.2) is 4.83 Å². The van der Waals surface area contributed by atoms with Crippen molar-refractivity contribution in [1.29, 1.82) is 0 Å². The molecule has 2 heteroatoms. The molecule has 1 fully saturated rings. The van der Waals surface area contributed by atoms with Gasteiger partial charge >= 0.3 is 0 Å². The van der Waals surface area contributed by atoms with Crippen molar-refractivity contribution in [3.8, 4) is 0 Å². The molecular formula is C17H16BrCl. The van der Waals surface area contributed by atoms with Crippen molar-refractivity contribution in [1.82, 2.24) is 0 Å². The van der Waals surface area contributed by atoms with E-state index in [1.807, 2.05) is 12.1 Å². The summed E-state index contributed by atoms with van der Waals surface area (Å²) in [5, 5.41) is 0.826. The van der Waals surface area contributed by atoms with Gasteiger partial charge in [-0.05, 0) is 47.9 Å². The molecular weight excluding hydrogens is 320 g/mol. The van der Waals surface area contributed by atoms with Gasteiger partial charge in [-0.15, -0.1) is 0 Å². The summed E-state index contributed by atoms with van der Waals surface area (Å²) in [6.45, 7) is 0. The van der Waals surface area contributed by atoms with Gasteiger partial charge in [0.15, 0.2) is 0 Å². The van der Waals surface area contributed by atoms with Gasteiger partial charge in [0.05, 0.1) is 0 Å². The van der Waals surface area contributed by atoms with Gasteiger partial charge in [-0.3, -0.25) is 0 Å². The summed E-state index contributed by atoms with van der Waals surface area (Å²) in [5.74, 6) is 1.48. The monoisotopic (exact) mass is 334 g/mol. The largest absolute Gasteiger partial charge is 0.0884 e. The Morgan fingerprint density at radius 3 is 2.63 bits per heavy atom. The second kappa shape index (κ2) is 5.68. The first-order chi connectivity index (χ1) is 9.24. The van der Waals surface area contributed by atoms with Gasteiger partial charge in [0.1, 0.15) is 0 Å². The van der Waals surface area contributed by atoms with Gasteiger partial charge in [0.25, 0.3) is 0 Å². The summed E-state index contributed by atoms with van der Waals surface area (Å²) in [7, 11) is 0. The highest BCUT2D eigenvalue weighted by atomic mass is 79.9. The first-order valence-electron chi connectivity index (χ1n) is 6.67. The van der Waals surface area contributed by atoms with Crippen LogP contribution in [0.25, 0.3) is 0 Å². The molecule has 1 aliphatic carbocycles. The van der Waals surface area contributed by atoms with Crippen LogP contribution in [0.5, 0.6) is 0 Å². The van der Waals surface area contributed by atoms with Crippen LogP contribution < -0.4 is 0 Å². The summed E-state index contributed by atoms with van der Waals surface area (Å²) >= 11 is 9.89. The van der Waals surface area contributed by atoms with E-state index in [-0.39, 0.29) is 0 Å². The highest BCUT2D eigenvalue weighted by molar-refractivity contribution is 9.09. The van der Waals surface area contributed by atoms with Crippen LogP contribution in [0, 0.1) is 5.92 Å². The number of alkyl halides is 1. The highest BCUT2D eigenvalue weighted by Gasteiger charge is 2.42. The minimum atomic E-state index is 0.538. The number of hydrogen-bond donors (Lipinski definition) is 0. The highest BCUT2D eigenvalue weighted by Crippen LogP contribution is 2.52. The topological polar surface area (TPSA) is 0 Å². The molecule has 3 atom stereocenters. The van der Waals surface area contributed by atoms with Crippen molar-refractivity contribution in [3.63, 3.8) is 0 Å². The molecule has 3 rings (SSSR count). The van der Waals surface area contributed by atoms with E-state index in [0.717, 1.165) is 23.3 Å². The third-order valence-corrected chi connectivity index (χ3v) is 5.09. The summed E-state index contributed by atoms with van der Waals surface area (Å²) in [6, 6.07) is 19.0. The molecule has 2 aromatic rings. The molecule has 0 amide bonds. The van der Waals surface area contributed by atoms with Gasteiger partial charge in [-0.25, -0.2) is 0 Å². The van der Waals surface area contributed by atoms with Crippen LogP contribution in [0.1, 0.15) is 23.5 Å². The van der Waals surface area contributed by atoms with Crippen molar-refractivity contribution in [3.05, 3.63) is 70.7 Å². The van der Waals surface area contributed by atoms with Gasteiger partial charge in [-0.2, -0.15) is 0 Å². The maximum atomic E-state index is 6.03. The third-order valence-electron chi connectivity index (χ3n) is 3.85. The first kappa shape index (κ1) is 13.2. The lowest BCUT2D eigenvalue weighted by Crippen LogP contribution is -2.06. The molecule has 0 N–H and O–H groups in total. The molecule has 0 radical (unpaired) electrons. The Morgan fingerprint density at radius 1 is 1.11 bits per heavy atom. The lowest BCUT2D eigenvalue weighted by Gasteiger charge is -2.10. The molecule has 1 saturated carbocycles. The maximum absolute atomic E-state index is 6.03. The zero-order valence-electron chi connectivity index (χ0n) is 10.6. The van der Waals surface area contributed by atoms with Crippen LogP contribution in [-0.2, 0) is 6.42 Å². The second-order valence-electron chi connectivity index (χ2n) is 5.27. The van der Waals surface area contributed by atoms with Gasteiger partial charge in [0, 0.05) is 9.85 Å². The standard InChI is InChI=1S/C17H16BrCl/c18-17(10-12-5-4-8-14(19)9-12)16-11-15(16)13-6-2-1-3-7-13/h1-9,15-17H,10-11H2. The Kier molecular flexibility index (Phi) is 3.95. The van der Waals surface area contributed by atoms with E-state index in [4.69, 9.17) is 11.6 Å². The number of benzene rings is 2. The van der Waals surface area contributed by atoms with E-state index in [1.165, 1.54) is 17.5 Å². The van der Waals surface area contributed by atoms with Crippen LogP contribution in [0.2, 0.25) is 5.02 Å². The van der Waals surface area contributed by atoms with E-state index in [2.05, 4.69) is 58.4 Å². The van der Waals surface area contributed by atoms with E-state index in [9.17, 15) is 0 Å². The zero-order chi connectivity index (χ0) is 13.2. The molecule has 0 saturated heterocycles. The SMILES string of the molecule is Clc1cccc(CC(Br)C2CC2c2ccccc2)c1.